The zero-order valence-electron chi connectivity index (χ0n) is 14.9. The van der Waals surface area contributed by atoms with Crippen molar-refractivity contribution in [3.05, 3.63) is 64.4 Å². The van der Waals surface area contributed by atoms with Gasteiger partial charge in [0.1, 0.15) is 17.3 Å². The Morgan fingerprint density at radius 1 is 1.28 bits per heavy atom. The molecule has 130 valence electrons. The molecular formula is C19H22N4OS. The van der Waals surface area contributed by atoms with Gasteiger partial charge in [-0.15, -0.1) is 11.8 Å². The van der Waals surface area contributed by atoms with Crippen LogP contribution in [-0.2, 0) is 0 Å². The summed E-state index contributed by atoms with van der Waals surface area (Å²) < 4.78 is 5.22. The molecule has 1 heterocycles. The van der Waals surface area contributed by atoms with E-state index in [2.05, 4.69) is 34.0 Å². The molecule has 0 radical (unpaired) electrons. The van der Waals surface area contributed by atoms with Crippen LogP contribution >= 0.6 is 11.8 Å². The molecule has 0 aliphatic rings. The summed E-state index contributed by atoms with van der Waals surface area (Å²) in [6.45, 7) is 9.24. The molecule has 0 unspecified atom stereocenters. The molecule has 0 spiro atoms. The lowest BCUT2D eigenvalue weighted by Crippen LogP contribution is -1.98. The van der Waals surface area contributed by atoms with Gasteiger partial charge in [0.2, 0.25) is 0 Å². The number of aryl methyl sites for hydroxylation is 2. The molecule has 6 heteroatoms. The fourth-order valence-corrected chi connectivity index (χ4v) is 2.82. The lowest BCUT2D eigenvalue weighted by Gasteiger charge is -2.03. The number of aliphatic imine (C=N–C) groups is 2. The largest absolute Gasteiger partial charge is 0.382 e. The second kappa shape index (κ2) is 8.48. The van der Waals surface area contributed by atoms with Gasteiger partial charge < -0.3 is 10.3 Å². The van der Waals surface area contributed by atoms with Gasteiger partial charge in [-0.05, 0) is 63.1 Å². The van der Waals surface area contributed by atoms with E-state index in [-0.39, 0.29) is 5.82 Å². The predicted octanol–water partition coefficient (Wildman–Crippen LogP) is 4.36. The van der Waals surface area contributed by atoms with Gasteiger partial charge in [0.15, 0.2) is 0 Å². The first kappa shape index (κ1) is 18.7. The van der Waals surface area contributed by atoms with Gasteiger partial charge >= 0.3 is 0 Å². The molecule has 5 nitrogen and oxygen atoms in total. The molecule has 0 bridgehead atoms. The summed E-state index contributed by atoms with van der Waals surface area (Å²) in [5.74, 6) is 1.02. The topological polar surface area (TPSA) is 76.8 Å². The molecule has 0 saturated heterocycles. The lowest BCUT2D eigenvalue weighted by atomic mass is 10.0. The maximum atomic E-state index is 5.95. The molecule has 0 amide bonds. The molecule has 1 aromatic carbocycles. The molecule has 25 heavy (non-hydrogen) atoms. The van der Waals surface area contributed by atoms with Crippen LogP contribution in [0.5, 0.6) is 0 Å². The first-order chi connectivity index (χ1) is 12.0. The summed E-state index contributed by atoms with van der Waals surface area (Å²) in [6, 6.07) is 8.12. The maximum absolute atomic E-state index is 5.95. The number of nitrogens with two attached hydrogens (primary N) is 1. The Morgan fingerprint density at radius 2 is 1.96 bits per heavy atom. The molecule has 2 aromatic rings. The Hall–Kier alpha value is -2.60. The molecule has 0 atom stereocenters. The second-order valence-electron chi connectivity index (χ2n) is 5.49. The van der Waals surface area contributed by atoms with Gasteiger partial charge in [-0.2, -0.15) is 0 Å². The van der Waals surface area contributed by atoms with Gasteiger partial charge in [-0.1, -0.05) is 17.3 Å². The van der Waals surface area contributed by atoms with Crippen LogP contribution in [0.15, 0.2) is 61.3 Å². The Labute approximate surface area is 152 Å². The highest BCUT2D eigenvalue weighted by atomic mass is 32.2. The van der Waals surface area contributed by atoms with Crippen LogP contribution in [0.25, 0.3) is 5.57 Å². The van der Waals surface area contributed by atoms with Crippen LogP contribution in [0.4, 0.5) is 0 Å². The van der Waals surface area contributed by atoms with E-state index in [0.29, 0.717) is 5.70 Å². The zero-order valence-corrected chi connectivity index (χ0v) is 15.7. The van der Waals surface area contributed by atoms with E-state index in [1.165, 1.54) is 4.90 Å². The number of nitrogens with zero attached hydrogens (tertiary/aromatic N) is 3. The summed E-state index contributed by atoms with van der Waals surface area (Å²) in [7, 11) is 0. The average Bonchev–Trinajstić information content (AvgIpc) is 2.96. The molecular weight excluding hydrogens is 332 g/mol. The lowest BCUT2D eigenvalue weighted by molar-refractivity contribution is 0.393. The van der Waals surface area contributed by atoms with Crippen LogP contribution < -0.4 is 5.73 Å². The Morgan fingerprint density at radius 3 is 2.48 bits per heavy atom. The van der Waals surface area contributed by atoms with Crippen molar-refractivity contribution in [2.75, 3.05) is 6.26 Å². The summed E-state index contributed by atoms with van der Waals surface area (Å²) in [5.41, 5.74) is 10.2. The number of allylic oxidation sites excluding steroid dienone is 2. The summed E-state index contributed by atoms with van der Waals surface area (Å²) in [4.78, 5) is 9.51. The number of aromatic nitrogens is 1. The fourth-order valence-electron chi connectivity index (χ4n) is 2.42. The molecule has 2 rings (SSSR count). The number of benzene rings is 1. The molecule has 0 aliphatic heterocycles. The normalized spacial score (nSPS) is 13.2. The summed E-state index contributed by atoms with van der Waals surface area (Å²) in [6.07, 6.45) is 5.67. The van der Waals surface area contributed by atoms with Gasteiger partial charge in [-0.3, -0.25) is 4.99 Å². The van der Waals surface area contributed by atoms with Crippen LogP contribution in [0, 0.1) is 13.8 Å². The Bertz CT molecular complexity index is 825. The third-order valence-electron chi connectivity index (χ3n) is 3.68. The standard InChI is InChI=1S/C19H22N4OS/c1-12(18-13(2)23-24-14(18)3)10-17(19(20)21-4)22-11-15-6-8-16(25-5)9-7-15/h6-11H,4,20H2,1-3,5H3/b12-10+,19-17+,22-11?. The first-order valence-electron chi connectivity index (χ1n) is 7.72. The molecule has 0 saturated carbocycles. The van der Waals surface area contributed by atoms with Crippen LogP contribution in [-0.4, -0.2) is 24.3 Å². The van der Waals surface area contributed by atoms with Crippen molar-refractivity contribution in [1.82, 2.24) is 5.16 Å². The van der Waals surface area contributed by atoms with Gasteiger partial charge in [0.25, 0.3) is 0 Å². The van der Waals surface area contributed by atoms with Crippen molar-refractivity contribution >= 4 is 30.3 Å². The number of hydrogen-bond donors (Lipinski definition) is 1. The van der Waals surface area contributed by atoms with Crippen molar-refractivity contribution in [3.8, 4) is 0 Å². The zero-order chi connectivity index (χ0) is 18.4. The highest BCUT2D eigenvalue weighted by molar-refractivity contribution is 7.98. The van der Waals surface area contributed by atoms with E-state index < -0.39 is 0 Å². The molecule has 0 fully saturated rings. The minimum atomic E-state index is 0.267. The Kier molecular flexibility index (Phi) is 6.36. The third-order valence-corrected chi connectivity index (χ3v) is 4.43. The van der Waals surface area contributed by atoms with Crippen molar-refractivity contribution < 1.29 is 4.52 Å². The molecule has 2 N–H and O–H groups in total. The van der Waals surface area contributed by atoms with Crippen molar-refractivity contribution in [1.29, 1.82) is 0 Å². The quantitative estimate of drug-likeness (QED) is 0.475. The number of rotatable bonds is 6. The highest BCUT2D eigenvalue weighted by Crippen LogP contribution is 2.24. The van der Waals surface area contributed by atoms with Gasteiger partial charge in [0, 0.05) is 16.7 Å². The average molecular weight is 354 g/mol. The minimum absolute atomic E-state index is 0.267. The SMILES string of the molecule is C=N/C(N)=C(\C=C(/C)c1c(C)noc1C)N=Cc1ccc(SC)cc1. The van der Waals surface area contributed by atoms with E-state index in [1.54, 1.807) is 18.0 Å². The van der Waals surface area contributed by atoms with E-state index in [1.807, 2.05) is 45.2 Å². The Balaban J connectivity index is 2.35. The van der Waals surface area contributed by atoms with E-state index >= 15 is 0 Å². The van der Waals surface area contributed by atoms with Crippen LogP contribution in [0.2, 0.25) is 0 Å². The highest BCUT2D eigenvalue weighted by Gasteiger charge is 2.11. The molecule has 1 aromatic heterocycles. The van der Waals surface area contributed by atoms with E-state index in [0.717, 1.165) is 28.2 Å². The summed E-state index contributed by atoms with van der Waals surface area (Å²) in [5, 5.41) is 3.98. The van der Waals surface area contributed by atoms with Crippen molar-refractivity contribution in [2.24, 2.45) is 15.7 Å². The van der Waals surface area contributed by atoms with E-state index in [9.17, 15) is 0 Å². The van der Waals surface area contributed by atoms with Crippen molar-refractivity contribution in [2.45, 2.75) is 25.7 Å². The van der Waals surface area contributed by atoms with Crippen LogP contribution in [0.1, 0.15) is 29.5 Å². The maximum Gasteiger partial charge on any atom is 0.148 e. The van der Waals surface area contributed by atoms with Crippen molar-refractivity contribution in [3.63, 3.8) is 0 Å². The number of thioether (sulfide) groups is 1. The fraction of sp³-hybridized carbons (Fsp3) is 0.211. The van der Waals surface area contributed by atoms with Gasteiger partial charge in [-0.25, -0.2) is 4.99 Å². The summed E-state index contributed by atoms with van der Waals surface area (Å²) >= 11 is 1.70. The second-order valence-corrected chi connectivity index (χ2v) is 6.37. The van der Waals surface area contributed by atoms with E-state index in [4.69, 9.17) is 10.3 Å². The third kappa shape index (κ3) is 4.70. The van der Waals surface area contributed by atoms with Gasteiger partial charge in [0.05, 0.1) is 5.69 Å². The first-order valence-corrected chi connectivity index (χ1v) is 8.95. The van der Waals surface area contributed by atoms with Crippen LogP contribution in [0.3, 0.4) is 0 Å². The smallest absolute Gasteiger partial charge is 0.148 e. The monoisotopic (exact) mass is 354 g/mol. The number of hydrogen-bond acceptors (Lipinski definition) is 6. The minimum Gasteiger partial charge on any atom is -0.382 e. The molecule has 0 aliphatic carbocycles. The predicted molar refractivity (Wildman–Crippen MR) is 106 cm³/mol.